The van der Waals surface area contributed by atoms with E-state index in [9.17, 15) is 9.59 Å². The molecule has 0 unspecified atom stereocenters. The van der Waals surface area contributed by atoms with Gasteiger partial charge in [0.15, 0.2) is 0 Å². The lowest BCUT2D eigenvalue weighted by atomic mass is 9.95. The lowest BCUT2D eigenvalue weighted by Gasteiger charge is -2.35. The number of ether oxygens (including phenoxy) is 1. The Morgan fingerprint density at radius 3 is 2.70 bits per heavy atom. The number of anilines is 1. The molecule has 27 heavy (non-hydrogen) atoms. The maximum Gasteiger partial charge on any atom is 0.313 e. The molecule has 0 aromatic heterocycles. The quantitative estimate of drug-likeness (QED) is 0.729. The van der Waals surface area contributed by atoms with Crippen LogP contribution in [0.25, 0.3) is 0 Å². The van der Waals surface area contributed by atoms with Crippen molar-refractivity contribution in [2.45, 2.75) is 25.3 Å². The maximum atomic E-state index is 12.2. The van der Waals surface area contributed by atoms with Crippen molar-refractivity contribution in [2.24, 2.45) is 5.92 Å². The molecule has 2 aliphatic heterocycles. The molecule has 0 spiro atoms. The van der Waals surface area contributed by atoms with Crippen LogP contribution in [-0.2, 0) is 9.59 Å². The average molecular weight is 412 g/mol. The predicted octanol–water partition coefficient (Wildman–Crippen LogP) is 2.62. The number of hydrogen-bond acceptors (Lipinski definition) is 5. The first kappa shape index (κ1) is 20.3. The van der Waals surface area contributed by atoms with Crippen LogP contribution in [0.3, 0.4) is 0 Å². The first-order chi connectivity index (χ1) is 13.1. The Morgan fingerprint density at radius 2 is 2.04 bits per heavy atom. The van der Waals surface area contributed by atoms with E-state index in [2.05, 4.69) is 15.5 Å². The summed E-state index contributed by atoms with van der Waals surface area (Å²) in [6.07, 6.45) is 3.41. The summed E-state index contributed by atoms with van der Waals surface area (Å²) < 4.78 is 5.18. The number of hydrogen-bond donors (Lipinski definition) is 2. The smallest absolute Gasteiger partial charge is 0.313 e. The molecular weight excluding hydrogens is 386 g/mol. The minimum absolute atomic E-state index is 0.382. The number of methoxy groups -OCH3 is 1. The van der Waals surface area contributed by atoms with Gasteiger partial charge in [0.05, 0.1) is 12.8 Å². The number of benzene rings is 1. The Morgan fingerprint density at radius 1 is 1.26 bits per heavy atom. The summed E-state index contributed by atoms with van der Waals surface area (Å²) in [6.45, 7) is 2.70. The minimum Gasteiger partial charge on any atom is -0.495 e. The van der Waals surface area contributed by atoms with Gasteiger partial charge >= 0.3 is 11.8 Å². The predicted molar refractivity (Wildman–Crippen MR) is 110 cm³/mol. The van der Waals surface area contributed by atoms with Gasteiger partial charge in [0.2, 0.25) is 0 Å². The number of rotatable bonds is 5. The molecule has 3 rings (SSSR count). The molecule has 1 atom stereocenters. The first-order valence-corrected chi connectivity index (χ1v) is 10.8. The van der Waals surface area contributed by atoms with E-state index < -0.39 is 11.8 Å². The molecule has 2 amide bonds. The van der Waals surface area contributed by atoms with Gasteiger partial charge in [-0.1, -0.05) is 11.6 Å². The maximum absolute atomic E-state index is 12.2. The Bertz CT molecular complexity index is 674. The van der Waals surface area contributed by atoms with E-state index >= 15 is 0 Å². The molecule has 0 saturated carbocycles. The molecule has 1 aromatic carbocycles. The minimum atomic E-state index is -0.712. The van der Waals surface area contributed by atoms with Crippen molar-refractivity contribution in [1.82, 2.24) is 10.2 Å². The fourth-order valence-electron chi connectivity index (χ4n) is 3.61. The molecule has 2 N–H and O–H groups in total. The Labute approximate surface area is 169 Å². The molecule has 0 radical (unpaired) electrons. The van der Waals surface area contributed by atoms with Crippen molar-refractivity contribution in [1.29, 1.82) is 0 Å². The Balaban J connectivity index is 1.43. The van der Waals surface area contributed by atoms with Crippen molar-refractivity contribution in [3.05, 3.63) is 23.2 Å². The zero-order valence-corrected chi connectivity index (χ0v) is 17.1. The lowest BCUT2D eigenvalue weighted by Crippen LogP contribution is -2.45. The number of thioether (sulfide) groups is 1. The molecular formula is C19H26ClN3O3S. The van der Waals surface area contributed by atoms with Gasteiger partial charge in [0, 0.05) is 23.4 Å². The van der Waals surface area contributed by atoms with Gasteiger partial charge in [-0.15, -0.1) is 0 Å². The summed E-state index contributed by atoms with van der Waals surface area (Å²) in [6, 6.07) is 5.59. The SMILES string of the molecule is COc1ccc(Cl)cc1NC(=O)C(=O)NCC1CCN([C@@H]2CCSC2)CC1. The fourth-order valence-corrected chi connectivity index (χ4v) is 5.03. The second-order valence-electron chi connectivity index (χ2n) is 7.01. The monoisotopic (exact) mass is 411 g/mol. The standard InChI is InChI=1S/C19H26ClN3O3S/c1-26-17-3-2-14(20)10-16(17)22-19(25)18(24)21-11-13-4-7-23(8-5-13)15-6-9-27-12-15/h2-3,10,13,15H,4-9,11-12H2,1H3,(H,21,24)(H,22,25)/t15-/m1/s1. The van der Waals surface area contributed by atoms with Crippen molar-refractivity contribution < 1.29 is 14.3 Å². The highest BCUT2D eigenvalue weighted by atomic mass is 35.5. The third-order valence-electron chi connectivity index (χ3n) is 5.24. The summed E-state index contributed by atoms with van der Waals surface area (Å²) in [4.78, 5) is 26.9. The van der Waals surface area contributed by atoms with Crippen LogP contribution in [0.4, 0.5) is 5.69 Å². The van der Waals surface area contributed by atoms with Crippen LogP contribution in [0.1, 0.15) is 19.3 Å². The summed E-state index contributed by atoms with van der Waals surface area (Å²) in [5.74, 6) is 2.05. The molecule has 6 nitrogen and oxygen atoms in total. The molecule has 2 saturated heterocycles. The third-order valence-corrected chi connectivity index (χ3v) is 6.62. The molecule has 0 bridgehead atoms. The Hall–Kier alpha value is -1.44. The highest BCUT2D eigenvalue weighted by molar-refractivity contribution is 7.99. The normalized spacial score (nSPS) is 21.0. The highest BCUT2D eigenvalue weighted by Crippen LogP contribution is 2.28. The number of carbonyl (C=O) groups is 2. The molecule has 8 heteroatoms. The second kappa shape index (κ2) is 9.66. The molecule has 2 heterocycles. The van der Waals surface area contributed by atoms with Crippen LogP contribution < -0.4 is 15.4 Å². The molecule has 148 valence electrons. The van der Waals surface area contributed by atoms with E-state index in [-0.39, 0.29) is 0 Å². The van der Waals surface area contributed by atoms with Gasteiger partial charge in [0.25, 0.3) is 0 Å². The highest BCUT2D eigenvalue weighted by Gasteiger charge is 2.28. The number of amides is 2. The van der Waals surface area contributed by atoms with E-state index in [1.165, 1.54) is 25.0 Å². The van der Waals surface area contributed by atoms with Gasteiger partial charge < -0.3 is 15.4 Å². The zero-order valence-electron chi connectivity index (χ0n) is 15.5. The second-order valence-corrected chi connectivity index (χ2v) is 8.59. The summed E-state index contributed by atoms with van der Waals surface area (Å²) in [5, 5.41) is 5.78. The Kier molecular flexibility index (Phi) is 7.26. The average Bonchev–Trinajstić information content (AvgIpc) is 3.21. The zero-order chi connectivity index (χ0) is 19.2. The van der Waals surface area contributed by atoms with E-state index in [1.54, 1.807) is 18.2 Å². The molecule has 2 aliphatic rings. The molecule has 2 fully saturated rings. The lowest BCUT2D eigenvalue weighted by molar-refractivity contribution is -0.136. The largest absolute Gasteiger partial charge is 0.495 e. The van der Waals surface area contributed by atoms with Crippen molar-refractivity contribution >= 4 is 40.9 Å². The number of piperidine rings is 1. The molecule has 1 aromatic rings. The van der Waals surface area contributed by atoms with Gasteiger partial charge in [-0.05, 0) is 62.2 Å². The molecule has 0 aliphatic carbocycles. The van der Waals surface area contributed by atoms with Crippen LogP contribution >= 0.6 is 23.4 Å². The van der Waals surface area contributed by atoms with Gasteiger partial charge in [-0.3, -0.25) is 14.5 Å². The number of nitrogens with one attached hydrogen (secondary N) is 2. The fraction of sp³-hybridized carbons (Fsp3) is 0.579. The van der Waals surface area contributed by atoms with Gasteiger partial charge in [-0.25, -0.2) is 0 Å². The summed E-state index contributed by atoms with van der Waals surface area (Å²) >= 11 is 7.98. The number of carbonyl (C=O) groups excluding carboxylic acids is 2. The topological polar surface area (TPSA) is 70.7 Å². The van der Waals surface area contributed by atoms with E-state index in [1.807, 2.05) is 11.8 Å². The van der Waals surface area contributed by atoms with Crippen LogP contribution in [0.15, 0.2) is 18.2 Å². The van der Waals surface area contributed by atoms with Crippen LogP contribution in [0, 0.1) is 5.92 Å². The third kappa shape index (κ3) is 5.53. The van der Waals surface area contributed by atoms with Gasteiger partial charge in [-0.2, -0.15) is 11.8 Å². The van der Waals surface area contributed by atoms with E-state index in [0.717, 1.165) is 32.0 Å². The van der Waals surface area contributed by atoms with E-state index in [4.69, 9.17) is 16.3 Å². The number of nitrogens with zero attached hydrogens (tertiary/aromatic N) is 1. The number of likely N-dealkylation sites (tertiary alicyclic amines) is 1. The van der Waals surface area contributed by atoms with Crippen molar-refractivity contribution in [3.63, 3.8) is 0 Å². The van der Waals surface area contributed by atoms with Crippen molar-refractivity contribution in [2.75, 3.05) is 43.6 Å². The van der Waals surface area contributed by atoms with E-state index in [0.29, 0.717) is 28.9 Å². The van der Waals surface area contributed by atoms with Crippen LogP contribution in [-0.4, -0.2) is 61.0 Å². The first-order valence-electron chi connectivity index (χ1n) is 9.31. The van der Waals surface area contributed by atoms with Crippen molar-refractivity contribution in [3.8, 4) is 5.75 Å². The summed E-state index contributed by atoms with van der Waals surface area (Å²) in [5.41, 5.74) is 0.382. The van der Waals surface area contributed by atoms with Crippen LogP contribution in [0.2, 0.25) is 5.02 Å². The summed E-state index contributed by atoms with van der Waals surface area (Å²) in [7, 11) is 1.50. The van der Waals surface area contributed by atoms with Gasteiger partial charge in [0.1, 0.15) is 5.75 Å². The number of halogens is 1. The van der Waals surface area contributed by atoms with Crippen LogP contribution in [0.5, 0.6) is 5.75 Å².